The number of piperazine rings is 1. The van der Waals surface area contributed by atoms with E-state index in [-0.39, 0.29) is 17.7 Å². The fraction of sp³-hybridized carbons (Fsp3) is 0.677. The normalized spacial score (nSPS) is 21.2. The molecule has 3 rings (SSSR count). The molecule has 1 aliphatic carbocycles. The summed E-state index contributed by atoms with van der Waals surface area (Å²) < 4.78 is 39.0. The number of halogens is 3. The molecule has 3 atom stereocenters. The molecule has 1 N–H and O–H groups in total. The van der Waals surface area contributed by atoms with Crippen molar-refractivity contribution in [1.82, 2.24) is 4.90 Å². The van der Waals surface area contributed by atoms with Crippen molar-refractivity contribution in [3.8, 4) is 0 Å². The largest absolute Gasteiger partial charge is 0.416 e. The number of allylic oxidation sites excluding steroid dienone is 1. The molecule has 1 aliphatic heterocycles. The molecule has 1 aromatic carbocycles. The molecule has 1 aromatic rings. The molecule has 0 radical (unpaired) electrons. The van der Waals surface area contributed by atoms with Crippen molar-refractivity contribution in [3.63, 3.8) is 0 Å². The molecule has 5 nitrogen and oxygen atoms in total. The van der Waals surface area contributed by atoms with E-state index in [1.807, 2.05) is 15.9 Å². The fourth-order valence-electron chi connectivity index (χ4n) is 5.76. The molecular weight excluding hydrogens is 505 g/mol. The van der Waals surface area contributed by atoms with E-state index >= 15 is 0 Å². The smallest absolute Gasteiger partial charge is 0.389 e. The SMILES string of the molecule is CCCCCC(O)C=CC1CCC(=O)C1CCCCCCC(=O)N1CCN(c2cccc(C(F)(F)F)c2)CC1. The number of alkyl halides is 3. The van der Waals surface area contributed by atoms with Gasteiger partial charge in [0.1, 0.15) is 5.78 Å². The first-order chi connectivity index (χ1) is 18.7. The number of anilines is 1. The summed E-state index contributed by atoms with van der Waals surface area (Å²) in [4.78, 5) is 28.8. The summed E-state index contributed by atoms with van der Waals surface area (Å²) in [7, 11) is 0. The second-order valence-electron chi connectivity index (χ2n) is 11.1. The number of amides is 1. The minimum absolute atomic E-state index is 0.0545. The summed E-state index contributed by atoms with van der Waals surface area (Å²) in [6.45, 7) is 4.22. The van der Waals surface area contributed by atoms with Crippen molar-refractivity contribution in [2.75, 3.05) is 31.1 Å². The van der Waals surface area contributed by atoms with Crippen LogP contribution in [0.15, 0.2) is 36.4 Å². The van der Waals surface area contributed by atoms with Crippen LogP contribution in [0.4, 0.5) is 18.9 Å². The van der Waals surface area contributed by atoms with E-state index in [4.69, 9.17) is 0 Å². The lowest BCUT2D eigenvalue weighted by Crippen LogP contribution is -2.48. The lowest BCUT2D eigenvalue weighted by molar-refractivity contribution is -0.137. The van der Waals surface area contributed by atoms with Gasteiger partial charge < -0.3 is 14.9 Å². The maximum absolute atomic E-state index is 13.0. The van der Waals surface area contributed by atoms with Crippen molar-refractivity contribution in [2.45, 2.75) is 96.3 Å². The summed E-state index contributed by atoms with van der Waals surface area (Å²) in [6.07, 6.45) is 9.75. The van der Waals surface area contributed by atoms with Crippen LogP contribution in [0.5, 0.6) is 0 Å². The van der Waals surface area contributed by atoms with Crippen LogP contribution in [0.1, 0.15) is 89.5 Å². The highest BCUT2D eigenvalue weighted by Crippen LogP contribution is 2.34. The maximum Gasteiger partial charge on any atom is 0.416 e. The van der Waals surface area contributed by atoms with Gasteiger partial charge in [-0.1, -0.05) is 63.7 Å². The Balaban J connectivity index is 1.31. The Bertz CT molecular complexity index is 941. The highest BCUT2D eigenvalue weighted by atomic mass is 19.4. The summed E-state index contributed by atoms with van der Waals surface area (Å²) in [5.41, 5.74) is -0.113. The van der Waals surface area contributed by atoms with Crippen LogP contribution in [0.2, 0.25) is 0 Å². The summed E-state index contributed by atoms with van der Waals surface area (Å²) in [6, 6.07) is 5.36. The molecule has 218 valence electrons. The molecule has 2 aliphatic rings. The second-order valence-corrected chi connectivity index (χ2v) is 11.1. The number of aliphatic hydroxyl groups is 1. The van der Waals surface area contributed by atoms with Crippen molar-refractivity contribution in [3.05, 3.63) is 42.0 Å². The fourth-order valence-corrected chi connectivity index (χ4v) is 5.76. The second kappa shape index (κ2) is 15.4. The molecule has 39 heavy (non-hydrogen) atoms. The zero-order valence-electron chi connectivity index (χ0n) is 23.3. The molecule has 0 bridgehead atoms. The van der Waals surface area contributed by atoms with Gasteiger partial charge in [-0.3, -0.25) is 9.59 Å². The molecule has 0 aromatic heterocycles. The van der Waals surface area contributed by atoms with Crippen molar-refractivity contribution in [2.24, 2.45) is 11.8 Å². The van der Waals surface area contributed by atoms with Gasteiger partial charge in [-0.25, -0.2) is 0 Å². The van der Waals surface area contributed by atoms with E-state index in [0.29, 0.717) is 50.5 Å². The number of unbranched alkanes of at least 4 members (excludes halogenated alkanes) is 5. The third kappa shape index (κ3) is 9.96. The van der Waals surface area contributed by atoms with Crippen molar-refractivity contribution < 1.29 is 27.9 Å². The number of aliphatic hydroxyl groups excluding tert-OH is 1. The van der Waals surface area contributed by atoms with E-state index in [0.717, 1.165) is 70.3 Å². The topological polar surface area (TPSA) is 60.9 Å². The van der Waals surface area contributed by atoms with E-state index in [2.05, 4.69) is 13.0 Å². The first kappa shape index (κ1) is 31.2. The summed E-state index contributed by atoms with van der Waals surface area (Å²) in [5.74, 6) is 0.727. The van der Waals surface area contributed by atoms with Crippen molar-refractivity contribution >= 4 is 17.4 Å². The quantitative estimate of drug-likeness (QED) is 0.205. The summed E-state index contributed by atoms with van der Waals surface area (Å²) in [5, 5.41) is 10.2. The third-order valence-electron chi connectivity index (χ3n) is 8.17. The van der Waals surface area contributed by atoms with Gasteiger partial charge in [-0.2, -0.15) is 13.2 Å². The van der Waals surface area contributed by atoms with Crippen LogP contribution in [0, 0.1) is 11.8 Å². The Kier molecular flexibility index (Phi) is 12.3. The molecule has 1 saturated heterocycles. The van der Waals surface area contributed by atoms with Crippen LogP contribution in [0.25, 0.3) is 0 Å². The van der Waals surface area contributed by atoms with E-state index < -0.39 is 17.8 Å². The molecule has 1 amide bonds. The van der Waals surface area contributed by atoms with Gasteiger partial charge in [0, 0.05) is 50.6 Å². The zero-order valence-corrected chi connectivity index (χ0v) is 23.3. The zero-order chi connectivity index (χ0) is 28.3. The maximum atomic E-state index is 13.0. The first-order valence-corrected chi connectivity index (χ1v) is 14.8. The molecule has 2 fully saturated rings. The van der Waals surface area contributed by atoms with Crippen LogP contribution >= 0.6 is 0 Å². The van der Waals surface area contributed by atoms with E-state index in [1.54, 1.807) is 6.07 Å². The Morgan fingerprint density at radius 3 is 2.54 bits per heavy atom. The predicted molar refractivity (Wildman–Crippen MR) is 148 cm³/mol. The number of carbonyl (C=O) groups excluding carboxylic acids is 2. The minimum Gasteiger partial charge on any atom is -0.389 e. The average Bonchev–Trinajstić information content (AvgIpc) is 3.28. The van der Waals surface area contributed by atoms with E-state index in [1.165, 1.54) is 12.1 Å². The van der Waals surface area contributed by atoms with Gasteiger partial charge >= 0.3 is 6.18 Å². The number of ketones is 1. The van der Waals surface area contributed by atoms with E-state index in [9.17, 15) is 27.9 Å². The van der Waals surface area contributed by atoms with Gasteiger partial charge in [-0.15, -0.1) is 0 Å². The van der Waals surface area contributed by atoms with Crippen molar-refractivity contribution in [1.29, 1.82) is 0 Å². The van der Waals surface area contributed by atoms with Crippen LogP contribution < -0.4 is 4.90 Å². The van der Waals surface area contributed by atoms with Gasteiger partial charge in [-0.05, 0) is 49.8 Å². The van der Waals surface area contributed by atoms with Gasteiger partial charge in [0.05, 0.1) is 11.7 Å². The predicted octanol–water partition coefficient (Wildman–Crippen LogP) is 6.79. The Morgan fingerprint density at radius 2 is 1.82 bits per heavy atom. The molecular formula is C31H45F3N2O3. The monoisotopic (exact) mass is 550 g/mol. The van der Waals surface area contributed by atoms with Crippen LogP contribution in [-0.4, -0.2) is 54.0 Å². The standard InChI is InChI=1S/C31H45F3N2O3/c1-2-3-6-12-27(37)17-15-24-16-18-29(38)28(24)13-7-4-5-8-14-30(39)36-21-19-35(20-22-36)26-11-9-10-25(23-26)31(32,33)34/h9-11,15,17,23-24,27-28,37H,2-8,12-14,16,18-22H2,1H3. The molecule has 1 heterocycles. The molecule has 3 unspecified atom stereocenters. The Hall–Kier alpha value is -2.35. The van der Waals surface area contributed by atoms with Gasteiger partial charge in [0.25, 0.3) is 0 Å². The highest BCUT2D eigenvalue weighted by molar-refractivity contribution is 5.83. The first-order valence-electron chi connectivity index (χ1n) is 14.8. The third-order valence-corrected chi connectivity index (χ3v) is 8.17. The minimum atomic E-state index is -4.36. The lowest BCUT2D eigenvalue weighted by Gasteiger charge is -2.36. The summed E-state index contributed by atoms with van der Waals surface area (Å²) >= 11 is 0. The number of hydrogen-bond donors (Lipinski definition) is 1. The molecule has 8 heteroatoms. The number of rotatable bonds is 14. The number of benzene rings is 1. The molecule has 1 saturated carbocycles. The van der Waals surface area contributed by atoms with Gasteiger partial charge in [0.15, 0.2) is 0 Å². The highest BCUT2D eigenvalue weighted by Gasteiger charge is 2.33. The number of hydrogen-bond acceptors (Lipinski definition) is 4. The molecule has 0 spiro atoms. The number of carbonyl (C=O) groups is 2. The van der Waals surface area contributed by atoms with Crippen LogP contribution in [-0.2, 0) is 15.8 Å². The Morgan fingerprint density at radius 1 is 1.08 bits per heavy atom. The van der Waals surface area contributed by atoms with Gasteiger partial charge in [0.2, 0.25) is 5.91 Å². The Labute approximate surface area is 231 Å². The lowest BCUT2D eigenvalue weighted by atomic mass is 9.89. The van der Waals surface area contributed by atoms with Crippen LogP contribution in [0.3, 0.4) is 0 Å². The number of nitrogens with zero attached hydrogens (tertiary/aromatic N) is 2. The number of Topliss-reactive ketones (excluding diaryl/α,β-unsaturated/α-hetero) is 1. The average molecular weight is 551 g/mol.